The third-order valence-corrected chi connectivity index (χ3v) is 6.09. The van der Waals surface area contributed by atoms with E-state index in [0.29, 0.717) is 43.8 Å². The molecule has 0 bridgehead atoms. The van der Waals surface area contributed by atoms with Gasteiger partial charge in [0.1, 0.15) is 24.0 Å². The fraction of sp³-hybridized carbons (Fsp3) is 0.400. The first kappa shape index (κ1) is 21.5. The minimum Gasteiger partial charge on any atom is -0.480 e. The van der Waals surface area contributed by atoms with Crippen molar-refractivity contribution in [3.8, 4) is 0 Å². The second-order valence-corrected chi connectivity index (χ2v) is 8.53. The molecular weight excluding hydrogens is 470 g/mol. The van der Waals surface area contributed by atoms with Gasteiger partial charge in [0.2, 0.25) is 0 Å². The van der Waals surface area contributed by atoms with Gasteiger partial charge in [-0.1, -0.05) is 32.3 Å². The molecule has 2 aromatic heterocycles. The van der Waals surface area contributed by atoms with Gasteiger partial charge in [-0.05, 0) is 19.1 Å². The van der Waals surface area contributed by atoms with E-state index in [-0.39, 0.29) is 6.54 Å². The number of aryl methyl sites for hydroxylation is 1. The molecule has 1 atom stereocenters. The number of rotatable bonds is 7. The van der Waals surface area contributed by atoms with Gasteiger partial charge < -0.3 is 14.8 Å². The van der Waals surface area contributed by atoms with E-state index in [9.17, 15) is 19.8 Å². The first-order valence-corrected chi connectivity index (χ1v) is 10.6. The lowest BCUT2D eigenvalue weighted by Crippen LogP contribution is -2.48. The van der Waals surface area contributed by atoms with Crippen LogP contribution in [-0.2, 0) is 22.7 Å². The molecule has 1 unspecified atom stereocenters. The Morgan fingerprint density at radius 1 is 1.19 bits per heavy atom. The Kier molecular flexibility index (Phi) is 6.08. The summed E-state index contributed by atoms with van der Waals surface area (Å²) in [7, 11) is 0. The third kappa shape index (κ3) is 4.48. The molecule has 164 valence electrons. The maximum absolute atomic E-state index is 12.3. The van der Waals surface area contributed by atoms with Gasteiger partial charge in [0.05, 0.1) is 5.52 Å². The van der Waals surface area contributed by atoms with E-state index < -0.39 is 18.0 Å². The summed E-state index contributed by atoms with van der Waals surface area (Å²) in [5.41, 5.74) is 2.82. The second-order valence-electron chi connectivity index (χ2n) is 7.62. The molecule has 31 heavy (non-hydrogen) atoms. The number of carboxylic acids is 2. The van der Waals surface area contributed by atoms with Crippen LogP contribution in [0, 0.1) is 6.92 Å². The zero-order chi connectivity index (χ0) is 22.1. The second kappa shape index (κ2) is 8.77. The molecule has 4 rings (SSSR count). The highest BCUT2D eigenvalue weighted by Crippen LogP contribution is 2.33. The van der Waals surface area contributed by atoms with Gasteiger partial charge in [0, 0.05) is 54.3 Å². The van der Waals surface area contributed by atoms with Crippen LogP contribution in [0.1, 0.15) is 23.0 Å². The molecule has 10 nitrogen and oxygen atoms in total. The summed E-state index contributed by atoms with van der Waals surface area (Å²) in [6, 6.07) is 4.62. The van der Waals surface area contributed by atoms with E-state index in [1.54, 1.807) is 10.8 Å². The van der Waals surface area contributed by atoms with Crippen molar-refractivity contribution in [3.05, 3.63) is 45.8 Å². The minimum atomic E-state index is -0.985. The Hall–Kier alpha value is -2.76. The van der Waals surface area contributed by atoms with Crippen molar-refractivity contribution in [2.24, 2.45) is 0 Å². The number of carboxylic acid groups (broad SMARTS) is 2. The summed E-state index contributed by atoms with van der Waals surface area (Å²) < 4.78 is 7.14. The van der Waals surface area contributed by atoms with Crippen LogP contribution in [0.2, 0.25) is 0 Å². The average molecular weight is 492 g/mol. The van der Waals surface area contributed by atoms with Gasteiger partial charge in [-0.15, -0.1) is 0 Å². The largest absolute Gasteiger partial charge is 0.480 e. The van der Waals surface area contributed by atoms with Crippen LogP contribution < -0.4 is 0 Å². The van der Waals surface area contributed by atoms with Crippen molar-refractivity contribution >= 4 is 38.8 Å². The van der Waals surface area contributed by atoms with Gasteiger partial charge in [-0.2, -0.15) is 0 Å². The Labute approximate surface area is 186 Å². The standard InChI is InChI=1S/C20H22BrN5O5/c1-12-16(23-31-22-12)10-24-4-6-25(7-5-24)19(20(29)30)15-9-26(11-18(27)28)17-8-13(21)2-3-14(15)17/h2-3,8-9,19H,4-7,10-11H2,1H3,(H,27,28)(H,29,30). The number of carbonyl (C=O) groups is 2. The molecule has 1 aliphatic rings. The lowest BCUT2D eigenvalue weighted by atomic mass is 10.0. The van der Waals surface area contributed by atoms with Gasteiger partial charge in [0.15, 0.2) is 0 Å². The highest BCUT2D eigenvalue weighted by atomic mass is 79.9. The highest BCUT2D eigenvalue weighted by Gasteiger charge is 2.33. The van der Waals surface area contributed by atoms with E-state index >= 15 is 0 Å². The number of halogens is 1. The molecule has 1 fully saturated rings. The smallest absolute Gasteiger partial charge is 0.325 e. The quantitative estimate of drug-likeness (QED) is 0.510. The summed E-state index contributed by atoms with van der Waals surface area (Å²) in [4.78, 5) is 27.7. The number of piperazine rings is 1. The van der Waals surface area contributed by atoms with Crippen molar-refractivity contribution in [1.82, 2.24) is 24.7 Å². The Morgan fingerprint density at radius 3 is 2.55 bits per heavy atom. The fourth-order valence-electron chi connectivity index (χ4n) is 4.06. The molecule has 1 aliphatic heterocycles. The fourth-order valence-corrected chi connectivity index (χ4v) is 4.41. The van der Waals surface area contributed by atoms with Crippen LogP contribution in [0.3, 0.4) is 0 Å². The molecule has 3 heterocycles. The van der Waals surface area contributed by atoms with Crippen LogP contribution in [0.15, 0.2) is 33.5 Å². The molecule has 2 N–H and O–H groups in total. The predicted octanol–water partition coefficient (Wildman–Crippen LogP) is 2.12. The zero-order valence-corrected chi connectivity index (χ0v) is 18.4. The summed E-state index contributed by atoms with van der Waals surface area (Å²) >= 11 is 3.41. The number of hydrogen-bond acceptors (Lipinski definition) is 7. The zero-order valence-electron chi connectivity index (χ0n) is 16.9. The molecule has 0 saturated carbocycles. The summed E-state index contributed by atoms with van der Waals surface area (Å²) in [6.07, 6.45) is 1.65. The van der Waals surface area contributed by atoms with E-state index in [2.05, 4.69) is 31.1 Å². The van der Waals surface area contributed by atoms with Crippen LogP contribution in [0.5, 0.6) is 0 Å². The maximum atomic E-state index is 12.3. The molecule has 0 spiro atoms. The van der Waals surface area contributed by atoms with Crippen molar-refractivity contribution in [1.29, 1.82) is 0 Å². The molecule has 3 aromatic rings. The van der Waals surface area contributed by atoms with Crippen molar-refractivity contribution in [2.45, 2.75) is 26.1 Å². The first-order valence-electron chi connectivity index (χ1n) is 9.81. The normalized spacial score (nSPS) is 16.6. The van der Waals surface area contributed by atoms with Gasteiger partial charge in [0.25, 0.3) is 0 Å². The molecule has 0 amide bonds. The Bertz CT molecular complexity index is 1120. The molecular formula is C20H22BrN5O5. The number of benzene rings is 1. The number of aromatic nitrogens is 3. The van der Waals surface area contributed by atoms with E-state index in [1.807, 2.05) is 30.0 Å². The molecule has 0 radical (unpaired) electrons. The van der Waals surface area contributed by atoms with Crippen LogP contribution in [0.25, 0.3) is 10.9 Å². The predicted molar refractivity (Wildman–Crippen MR) is 114 cm³/mol. The van der Waals surface area contributed by atoms with E-state index in [4.69, 9.17) is 4.63 Å². The number of fused-ring (bicyclic) bond motifs is 1. The van der Waals surface area contributed by atoms with Crippen molar-refractivity contribution in [2.75, 3.05) is 26.2 Å². The lowest BCUT2D eigenvalue weighted by molar-refractivity contribution is -0.144. The summed E-state index contributed by atoms with van der Waals surface area (Å²) in [5.74, 6) is -1.94. The minimum absolute atomic E-state index is 0.238. The monoisotopic (exact) mass is 491 g/mol. The maximum Gasteiger partial charge on any atom is 0.325 e. The topological polar surface area (TPSA) is 125 Å². The molecule has 11 heteroatoms. The van der Waals surface area contributed by atoms with Gasteiger partial charge >= 0.3 is 11.9 Å². The number of nitrogens with zero attached hydrogens (tertiary/aromatic N) is 5. The number of aliphatic carboxylic acids is 2. The average Bonchev–Trinajstić information content (AvgIpc) is 3.26. The van der Waals surface area contributed by atoms with Gasteiger partial charge in [-0.3, -0.25) is 19.4 Å². The summed E-state index contributed by atoms with van der Waals surface area (Å²) in [6.45, 7) is 4.68. The lowest BCUT2D eigenvalue weighted by Gasteiger charge is -2.37. The van der Waals surface area contributed by atoms with Crippen molar-refractivity contribution in [3.63, 3.8) is 0 Å². The van der Waals surface area contributed by atoms with Crippen LogP contribution >= 0.6 is 15.9 Å². The Balaban J connectivity index is 1.58. The van der Waals surface area contributed by atoms with Crippen LogP contribution in [0.4, 0.5) is 0 Å². The summed E-state index contributed by atoms with van der Waals surface area (Å²) in [5, 5.41) is 27.8. The Morgan fingerprint density at radius 2 is 1.94 bits per heavy atom. The number of hydrogen-bond donors (Lipinski definition) is 2. The van der Waals surface area contributed by atoms with Gasteiger partial charge in [-0.25, -0.2) is 4.63 Å². The van der Waals surface area contributed by atoms with Crippen molar-refractivity contribution < 1.29 is 24.4 Å². The first-order chi connectivity index (χ1) is 14.8. The van der Waals surface area contributed by atoms with E-state index in [0.717, 1.165) is 21.2 Å². The molecule has 0 aliphatic carbocycles. The SMILES string of the molecule is Cc1nonc1CN1CCN(C(C(=O)O)c2cn(CC(=O)O)c3cc(Br)ccc23)CC1. The third-order valence-electron chi connectivity index (χ3n) is 5.60. The van der Waals surface area contributed by atoms with Crippen LogP contribution in [-0.4, -0.2) is 73.0 Å². The highest BCUT2D eigenvalue weighted by molar-refractivity contribution is 9.10. The molecule has 1 saturated heterocycles. The molecule has 1 aromatic carbocycles. The van der Waals surface area contributed by atoms with E-state index in [1.165, 1.54) is 0 Å².